The Morgan fingerprint density at radius 2 is 1.68 bits per heavy atom. The number of hydrogen-bond donors (Lipinski definition) is 1. The maximum atomic E-state index is 12.7. The van der Waals surface area contributed by atoms with E-state index in [2.05, 4.69) is 36.5 Å². The summed E-state index contributed by atoms with van der Waals surface area (Å²) in [5, 5.41) is 3.56. The standard InChI is InChI=1S/C20H26N2O2S/c1-16-6-8-20(9-7-16)25(23,24)22-12-10-19(11-13-22)21-15-18-5-3-4-17(2)14-18/h3-9,14,19,21H,10-13,15H2,1-2H3. The number of nitrogens with one attached hydrogen (secondary N) is 1. The summed E-state index contributed by atoms with van der Waals surface area (Å²) in [6.07, 6.45) is 1.69. The van der Waals surface area contributed by atoms with E-state index in [9.17, 15) is 8.42 Å². The molecule has 0 unspecified atom stereocenters. The topological polar surface area (TPSA) is 49.4 Å². The molecule has 0 radical (unpaired) electrons. The van der Waals surface area contributed by atoms with Gasteiger partial charge < -0.3 is 5.32 Å². The van der Waals surface area contributed by atoms with Crippen molar-refractivity contribution in [3.8, 4) is 0 Å². The molecule has 1 N–H and O–H groups in total. The van der Waals surface area contributed by atoms with Gasteiger partial charge in [0, 0.05) is 25.7 Å². The fourth-order valence-corrected chi connectivity index (χ4v) is 4.71. The van der Waals surface area contributed by atoms with Crippen LogP contribution in [-0.4, -0.2) is 31.9 Å². The van der Waals surface area contributed by atoms with Crippen molar-refractivity contribution in [3.05, 3.63) is 65.2 Å². The van der Waals surface area contributed by atoms with Gasteiger partial charge in [-0.15, -0.1) is 0 Å². The van der Waals surface area contributed by atoms with Crippen LogP contribution in [0.25, 0.3) is 0 Å². The minimum atomic E-state index is -3.37. The minimum absolute atomic E-state index is 0.366. The molecule has 0 bridgehead atoms. The second-order valence-electron chi connectivity index (χ2n) is 6.86. The Balaban J connectivity index is 1.55. The van der Waals surface area contributed by atoms with E-state index in [4.69, 9.17) is 0 Å². The monoisotopic (exact) mass is 358 g/mol. The molecule has 1 aliphatic heterocycles. The van der Waals surface area contributed by atoms with Crippen LogP contribution in [0, 0.1) is 13.8 Å². The van der Waals surface area contributed by atoms with Gasteiger partial charge in [0.1, 0.15) is 0 Å². The molecule has 2 aromatic rings. The first-order valence-electron chi connectivity index (χ1n) is 8.81. The molecular formula is C20H26N2O2S. The molecular weight excluding hydrogens is 332 g/mol. The lowest BCUT2D eigenvalue weighted by molar-refractivity contribution is 0.288. The maximum absolute atomic E-state index is 12.7. The van der Waals surface area contributed by atoms with Crippen molar-refractivity contribution in [2.75, 3.05) is 13.1 Å². The summed E-state index contributed by atoms with van der Waals surface area (Å²) in [6.45, 7) is 6.03. The van der Waals surface area contributed by atoms with Crippen molar-refractivity contribution in [2.24, 2.45) is 0 Å². The van der Waals surface area contributed by atoms with E-state index >= 15 is 0 Å². The molecule has 0 aromatic heterocycles. The molecule has 1 fully saturated rings. The highest BCUT2D eigenvalue weighted by Gasteiger charge is 2.29. The van der Waals surface area contributed by atoms with Gasteiger partial charge in [-0.3, -0.25) is 0 Å². The van der Waals surface area contributed by atoms with E-state index in [1.165, 1.54) is 11.1 Å². The lowest BCUT2D eigenvalue weighted by atomic mass is 10.1. The van der Waals surface area contributed by atoms with Crippen LogP contribution in [0.1, 0.15) is 29.5 Å². The Hall–Kier alpha value is -1.69. The fourth-order valence-electron chi connectivity index (χ4n) is 3.24. The number of rotatable bonds is 5. The average molecular weight is 359 g/mol. The summed E-state index contributed by atoms with van der Waals surface area (Å²) in [5.74, 6) is 0. The smallest absolute Gasteiger partial charge is 0.243 e. The second kappa shape index (κ2) is 7.68. The summed E-state index contributed by atoms with van der Waals surface area (Å²) < 4.78 is 27.1. The Morgan fingerprint density at radius 1 is 1.00 bits per heavy atom. The lowest BCUT2D eigenvalue weighted by Gasteiger charge is -2.31. The molecule has 0 spiro atoms. The van der Waals surface area contributed by atoms with Gasteiger partial charge in [0.2, 0.25) is 10.0 Å². The fraction of sp³-hybridized carbons (Fsp3) is 0.400. The molecule has 1 saturated heterocycles. The van der Waals surface area contributed by atoms with Gasteiger partial charge in [-0.1, -0.05) is 47.5 Å². The van der Waals surface area contributed by atoms with Crippen molar-refractivity contribution in [1.29, 1.82) is 0 Å². The number of hydrogen-bond acceptors (Lipinski definition) is 3. The van der Waals surface area contributed by atoms with Gasteiger partial charge in [-0.05, 0) is 44.4 Å². The van der Waals surface area contributed by atoms with E-state index in [1.54, 1.807) is 16.4 Å². The van der Waals surface area contributed by atoms with Gasteiger partial charge >= 0.3 is 0 Å². The quantitative estimate of drug-likeness (QED) is 0.893. The van der Waals surface area contributed by atoms with Crippen molar-refractivity contribution in [1.82, 2.24) is 9.62 Å². The number of nitrogens with zero attached hydrogens (tertiary/aromatic N) is 1. The largest absolute Gasteiger partial charge is 0.310 e. The van der Waals surface area contributed by atoms with Crippen LogP contribution in [0.2, 0.25) is 0 Å². The average Bonchev–Trinajstić information content (AvgIpc) is 2.61. The maximum Gasteiger partial charge on any atom is 0.243 e. The molecule has 4 nitrogen and oxygen atoms in total. The first kappa shape index (κ1) is 18.1. The summed E-state index contributed by atoms with van der Waals surface area (Å²) >= 11 is 0. The number of sulfonamides is 1. The van der Waals surface area contributed by atoms with Crippen molar-refractivity contribution < 1.29 is 8.42 Å². The van der Waals surface area contributed by atoms with E-state index in [-0.39, 0.29) is 0 Å². The van der Waals surface area contributed by atoms with Crippen LogP contribution in [-0.2, 0) is 16.6 Å². The third kappa shape index (κ3) is 4.48. The van der Waals surface area contributed by atoms with E-state index in [1.807, 2.05) is 19.1 Å². The molecule has 1 aliphatic rings. The predicted molar refractivity (Wildman–Crippen MR) is 101 cm³/mol. The van der Waals surface area contributed by atoms with Crippen molar-refractivity contribution in [3.63, 3.8) is 0 Å². The van der Waals surface area contributed by atoms with Crippen LogP contribution in [0.4, 0.5) is 0 Å². The van der Waals surface area contributed by atoms with Crippen molar-refractivity contribution in [2.45, 2.75) is 44.2 Å². The first-order valence-corrected chi connectivity index (χ1v) is 10.2. The molecule has 0 aliphatic carbocycles. The first-order chi connectivity index (χ1) is 11.9. The third-order valence-electron chi connectivity index (χ3n) is 4.79. The minimum Gasteiger partial charge on any atom is -0.310 e. The van der Waals surface area contributed by atoms with Crippen LogP contribution in [0.5, 0.6) is 0 Å². The van der Waals surface area contributed by atoms with Crippen LogP contribution in [0.15, 0.2) is 53.4 Å². The van der Waals surface area contributed by atoms with Crippen molar-refractivity contribution >= 4 is 10.0 Å². The Labute approximate surface area is 150 Å². The molecule has 134 valence electrons. The van der Waals surface area contributed by atoms with Gasteiger partial charge in [0.15, 0.2) is 0 Å². The zero-order valence-corrected chi connectivity index (χ0v) is 15.7. The molecule has 1 heterocycles. The van der Waals surface area contributed by atoms with Gasteiger partial charge in [-0.25, -0.2) is 8.42 Å². The number of aryl methyl sites for hydroxylation is 2. The highest BCUT2D eigenvalue weighted by molar-refractivity contribution is 7.89. The summed E-state index contributed by atoms with van der Waals surface area (Å²) in [5.41, 5.74) is 3.60. The van der Waals surface area contributed by atoms with E-state index in [0.717, 1.165) is 24.9 Å². The van der Waals surface area contributed by atoms with Crippen LogP contribution < -0.4 is 5.32 Å². The summed E-state index contributed by atoms with van der Waals surface area (Å²) in [4.78, 5) is 0.393. The molecule has 2 aromatic carbocycles. The van der Waals surface area contributed by atoms with E-state index < -0.39 is 10.0 Å². The highest BCUT2D eigenvalue weighted by Crippen LogP contribution is 2.21. The predicted octanol–water partition coefficient (Wildman–Crippen LogP) is 3.25. The van der Waals surface area contributed by atoms with Gasteiger partial charge in [0.25, 0.3) is 0 Å². The summed E-state index contributed by atoms with van der Waals surface area (Å²) in [7, 11) is -3.37. The molecule has 0 saturated carbocycles. The molecule has 25 heavy (non-hydrogen) atoms. The normalized spacial score (nSPS) is 16.9. The molecule has 5 heteroatoms. The molecule has 0 amide bonds. The molecule has 0 atom stereocenters. The van der Waals surface area contributed by atoms with E-state index in [0.29, 0.717) is 24.0 Å². The number of piperidine rings is 1. The Kier molecular flexibility index (Phi) is 5.57. The third-order valence-corrected chi connectivity index (χ3v) is 6.70. The van der Waals surface area contributed by atoms with Gasteiger partial charge in [0.05, 0.1) is 4.90 Å². The Bertz CT molecular complexity index is 808. The number of benzene rings is 2. The highest BCUT2D eigenvalue weighted by atomic mass is 32.2. The SMILES string of the molecule is Cc1ccc(S(=O)(=O)N2CCC(NCc3cccc(C)c3)CC2)cc1. The Morgan fingerprint density at radius 3 is 2.32 bits per heavy atom. The van der Waals surface area contributed by atoms with Crippen LogP contribution >= 0.6 is 0 Å². The lowest BCUT2D eigenvalue weighted by Crippen LogP contribution is -2.44. The van der Waals surface area contributed by atoms with Crippen LogP contribution in [0.3, 0.4) is 0 Å². The second-order valence-corrected chi connectivity index (χ2v) is 8.80. The zero-order valence-electron chi connectivity index (χ0n) is 14.9. The summed E-state index contributed by atoms with van der Waals surface area (Å²) in [6, 6.07) is 15.9. The molecule has 3 rings (SSSR count). The zero-order chi connectivity index (χ0) is 17.9. The van der Waals surface area contributed by atoms with Gasteiger partial charge in [-0.2, -0.15) is 4.31 Å².